The molecule has 0 aliphatic rings. The first kappa shape index (κ1) is 12.5. The van der Waals surface area contributed by atoms with E-state index in [0.717, 1.165) is 16.8 Å². The van der Waals surface area contributed by atoms with Gasteiger partial charge >= 0.3 is 0 Å². The summed E-state index contributed by atoms with van der Waals surface area (Å²) in [5.74, 6) is 0. The Morgan fingerprint density at radius 1 is 1.06 bits per heavy atom. The van der Waals surface area contributed by atoms with Gasteiger partial charge in [-0.1, -0.05) is 30.3 Å². The molecule has 3 nitrogen and oxygen atoms in total. The van der Waals surface area contributed by atoms with E-state index >= 15 is 0 Å². The van der Waals surface area contributed by atoms with E-state index in [0.29, 0.717) is 14.8 Å². The summed E-state index contributed by atoms with van der Waals surface area (Å²) in [6.07, 6.45) is 0. The van der Waals surface area contributed by atoms with Crippen LogP contribution in [0, 0.1) is 33.3 Å². The van der Waals surface area contributed by atoms with Gasteiger partial charge in [0, 0.05) is 11.3 Å². The van der Waals surface area contributed by atoms with E-state index in [2.05, 4.69) is 17.1 Å². The van der Waals surface area contributed by atoms with Crippen LogP contribution in [0.3, 0.4) is 0 Å². The molecule has 0 bridgehead atoms. The Bertz CT molecular complexity index is 679. The van der Waals surface area contributed by atoms with E-state index in [4.69, 9.17) is 5.26 Å². The summed E-state index contributed by atoms with van der Waals surface area (Å²) >= 11 is 1.99. The van der Waals surface area contributed by atoms with Gasteiger partial charge in [-0.25, -0.2) is 4.98 Å². The molecule has 1 heterocycles. The van der Waals surface area contributed by atoms with Crippen LogP contribution in [-0.2, 0) is 0 Å². The lowest BCUT2D eigenvalue weighted by atomic mass is 9.96. The Kier molecular flexibility index (Phi) is 3.59. The molecule has 0 spiro atoms. The van der Waals surface area contributed by atoms with Crippen LogP contribution < -0.4 is 0 Å². The van der Waals surface area contributed by atoms with Crippen molar-refractivity contribution in [3.63, 3.8) is 0 Å². The Labute approximate surface area is 119 Å². The molecule has 18 heavy (non-hydrogen) atoms. The molecule has 4 heteroatoms. The van der Waals surface area contributed by atoms with Gasteiger partial charge in [0.15, 0.2) is 0 Å². The lowest BCUT2D eigenvalue weighted by Crippen LogP contribution is -2.00. The third-order valence-electron chi connectivity index (χ3n) is 2.62. The molecule has 1 aromatic carbocycles. The molecule has 0 amide bonds. The second-order valence-corrected chi connectivity index (χ2v) is 4.72. The number of pyridine rings is 1. The molecule has 2 aromatic rings. The van der Waals surface area contributed by atoms with Gasteiger partial charge in [0.25, 0.3) is 0 Å². The van der Waals surface area contributed by atoms with Gasteiger partial charge in [-0.3, -0.25) is 0 Å². The molecule has 0 aliphatic heterocycles. The molecule has 0 radical (unpaired) electrons. The highest BCUT2D eigenvalue weighted by Gasteiger charge is 2.17. The van der Waals surface area contributed by atoms with Crippen molar-refractivity contribution in [2.45, 2.75) is 6.92 Å². The highest BCUT2D eigenvalue weighted by Crippen LogP contribution is 2.29. The van der Waals surface area contributed by atoms with Gasteiger partial charge in [-0.15, -0.1) is 0 Å². The summed E-state index contributed by atoms with van der Waals surface area (Å²) in [6.45, 7) is 1.85. The Morgan fingerprint density at radius 3 is 2.22 bits per heavy atom. The maximum Gasteiger partial charge on any atom is 0.120 e. The Hall–Kier alpha value is -1.92. The standard InChI is InChI=1S/C14H8IN3/c1-9-13(10-5-3-2-4-6-10)11(7-16)12(8-17)14(15)18-9/h2-6H,1H3. The van der Waals surface area contributed by atoms with E-state index in [1.807, 2.05) is 59.8 Å². The molecule has 2 rings (SSSR count). The number of rotatable bonds is 1. The molecule has 0 fully saturated rings. The predicted molar refractivity (Wildman–Crippen MR) is 76.6 cm³/mol. The zero-order chi connectivity index (χ0) is 13.1. The summed E-state index contributed by atoms with van der Waals surface area (Å²) in [4.78, 5) is 4.34. The fourth-order valence-electron chi connectivity index (χ4n) is 1.84. The molecule has 0 unspecified atom stereocenters. The molecule has 0 aliphatic carbocycles. The van der Waals surface area contributed by atoms with Crippen molar-refractivity contribution in [3.8, 4) is 23.3 Å². The number of nitriles is 2. The topological polar surface area (TPSA) is 60.5 Å². The van der Waals surface area contributed by atoms with Crippen LogP contribution in [0.25, 0.3) is 11.1 Å². The largest absolute Gasteiger partial charge is 0.245 e. The summed E-state index contributed by atoms with van der Waals surface area (Å²) in [6, 6.07) is 13.7. The van der Waals surface area contributed by atoms with Crippen LogP contribution in [0.5, 0.6) is 0 Å². The third kappa shape index (κ3) is 2.07. The zero-order valence-electron chi connectivity index (χ0n) is 9.61. The van der Waals surface area contributed by atoms with Crippen LogP contribution in [0.15, 0.2) is 30.3 Å². The van der Waals surface area contributed by atoms with Gasteiger partial charge in [-0.05, 0) is 35.1 Å². The van der Waals surface area contributed by atoms with Crippen molar-refractivity contribution in [3.05, 3.63) is 50.9 Å². The number of benzene rings is 1. The minimum atomic E-state index is 0.350. The lowest BCUT2D eigenvalue weighted by Gasteiger charge is -2.10. The fourth-order valence-corrected chi connectivity index (χ4v) is 2.59. The van der Waals surface area contributed by atoms with Crippen LogP contribution in [0.2, 0.25) is 0 Å². The van der Waals surface area contributed by atoms with Crippen LogP contribution in [-0.4, -0.2) is 4.98 Å². The molecule has 0 N–H and O–H groups in total. The number of hydrogen-bond donors (Lipinski definition) is 0. The van der Waals surface area contributed by atoms with Crippen molar-refractivity contribution in [1.29, 1.82) is 10.5 Å². The van der Waals surface area contributed by atoms with E-state index < -0.39 is 0 Å². The normalized spacial score (nSPS) is 9.56. The van der Waals surface area contributed by atoms with Crippen LogP contribution >= 0.6 is 22.6 Å². The molecular weight excluding hydrogens is 337 g/mol. The quantitative estimate of drug-likeness (QED) is 0.588. The molecular formula is C14H8IN3. The van der Waals surface area contributed by atoms with Crippen molar-refractivity contribution in [2.24, 2.45) is 0 Å². The van der Waals surface area contributed by atoms with Crippen molar-refractivity contribution in [2.75, 3.05) is 0 Å². The van der Waals surface area contributed by atoms with Crippen LogP contribution in [0.1, 0.15) is 16.8 Å². The van der Waals surface area contributed by atoms with Gasteiger partial charge in [0.2, 0.25) is 0 Å². The lowest BCUT2D eigenvalue weighted by molar-refractivity contribution is 1.14. The van der Waals surface area contributed by atoms with E-state index in [1.165, 1.54) is 0 Å². The summed E-state index contributed by atoms with van der Waals surface area (Å²) in [5.41, 5.74) is 3.17. The van der Waals surface area contributed by atoms with Crippen molar-refractivity contribution < 1.29 is 0 Å². The number of nitrogens with zero attached hydrogens (tertiary/aromatic N) is 3. The predicted octanol–water partition coefficient (Wildman–Crippen LogP) is 3.40. The van der Waals surface area contributed by atoms with E-state index in [9.17, 15) is 5.26 Å². The number of halogens is 1. The smallest absolute Gasteiger partial charge is 0.120 e. The van der Waals surface area contributed by atoms with E-state index in [1.54, 1.807) is 0 Å². The molecule has 0 saturated heterocycles. The first-order valence-corrected chi connectivity index (χ1v) is 6.32. The van der Waals surface area contributed by atoms with Gasteiger partial charge < -0.3 is 0 Å². The van der Waals surface area contributed by atoms with Crippen molar-refractivity contribution >= 4 is 22.6 Å². The number of hydrogen-bond acceptors (Lipinski definition) is 3. The molecule has 0 atom stereocenters. The highest BCUT2D eigenvalue weighted by molar-refractivity contribution is 14.1. The molecule has 86 valence electrons. The Balaban J connectivity index is 2.85. The maximum atomic E-state index is 9.31. The second kappa shape index (κ2) is 5.16. The average molecular weight is 345 g/mol. The SMILES string of the molecule is Cc1nc(I)c(C#N)c(C#N)c1-c1ccccc1. The first-order chi connectivity index (χ1) is 8.69. The first-order valence-electron chi connectivity index (χ1n) is 5.24. The van der Waals surface area contributed by atoms with Gasteiger partial charge in [-0.2, -0.15) is 10.5 Å². The van der Waals surface area contributed by atoms with Gasteiger partial charge in [0.05, 0.1) is 5.56 Å². The minimum absolute atomic E-state index is 0.350. The van der Waals surface area contributed by atoms with Gasteiger partial charge in [0.1, 0.15) is 21.4 Å². The summed E-state index contributed by atoms with van der Waals surface area (Å²) in [7, 11) is 0. The fraction of sp³-hybridized carbons (Fsp3) is 0.0714. The second-order valence-electron chi connectivity index (χ2n) is 3.70. The highest BCUT2D eigenvalue weighted by atomic mass is 127. The Morgan fingerprint density at radius 2 is 1.67 bits per heavy atom. The monoisotopic (exact) mass is 345 g/mol. The maximum absolute atomic E-state index is 9.31. The summed E-state index contributed by atoms with van der Waals surface area (Å²) in [5, 5.41) is 18.5. The van der Waals surface area contributed by atoms with Crippen LogP contribution in [0.4, 0.5) is 0 Å². The molecule has 1 aromatic heterocycles. The number of aromatic nitrogens is 1. The average Bonchev–Trinajstić information content (AvgIpc) is 2.38. The van der Waals surface area contributed by atoms with E-state index in [-0.39, 0.29) is 0 Å². The minimum Gasteiger partial charge on any atom is -0.245 e. The third-order valence-corrected chi connectivity index (χ3v) is 3.40. The summed E-state index contributed by atoms with van der Waals surface area (Å²) < 4.78 is 0.573. The number of aryl methyl sites for hydroxylation is 1. The van der Waals surface area contributed by atoms with Crippen molar-refractivity contribution in [1.82, 2.24) is 4.98 Å². The molecule has 0 saturated carbocycles. The zero-order valence-corrected chi connectivity index (χ0v) is 11.8.